The molecule has 0 saturated carbocycles. The summed E-state index contributed by atoms with van der Waals surface area (Å²) in [5.74, 6) is -0.104. The van der Waals surface area contributed by atoms with Gasteiger partial charge in [-0.3, -0.25) is 9.36 Å². The number of thioether (sulfide) groups is 1. The summed E-state index contributed by atoms with van der Waals surface area (Å²) in [4.78, 5) is 12.7. The van der Waals surface area contributed by atoms with Gasteiger partial charge < -0.3 is 10.0 Å². The molecule has 0 aliphatic heterocycles. The average Bonchev–Trinajstić information content (AvgIpc) is 3.04. The maximum absolute atomic E-state index is 10.6. The van der Waals surface area contributed by atoms with Crippen molar-refractivity contribution in [3.8, 4) is 0 Å². The van der Waals surface area contributed by atoms with E-state index in [1.807, 2.05) is 28.8 Å². The second kappa shape index (κ2) is 6.76. The predicted octanol–water partition coefficient (Wildman–Crippen LogP) is 2.17. The number of aromatic nitrogens is 3. The standard InChI is InChI=1S/C12H16N4O2S2/c1-3-16-11(13-14-12(16)20-8-10(17)18)15(2)6-9-4-5-19-7-9/h4-5,7H,3,6,8H2,1-2H3,(H,17,18). The fraction of sp³-hybridized carbons (Fsp3) is 0.417. The number of anilines is 1. The van der Waals surface area contributed by atoms with Gasteiger partial charge in [0.25, 0.3) is 0 Å². The number of aliphatic carboxylic acids is 1. The van der Waals surface area contributed by atoms with Crippen LogP contribution in [0.2, 0.25) is 0 Å². The van der Waals surface area contributed by atoms with Crippen molar-refractivity contribution < 1.29 is 9.90 Å². The highest BCUT2D eigenvalue weighted by molar-refractivity contribution is 7.99. The van der Waals surface area contributed by atoms with Gasteiger partial charge in [0.2, 0.25) is 5.95 Å². The van der Waals surface area contributed by atoms with Crippen molar-refractivity contribution in [1.82, 2.24) is 14.8 Å². The van der Waals surface area contributed by atoms with Crippen LogP contribution >= 0.6 is 23.1 Å². The van der Waals surface area contributed by atoms with Gasteiger partial charge in [-0.2, -0.15) is 11.3 Å². The van der Waals surface area contributed by atoms with Crippen LogP contribution in [0, 0.1) is 0 Å². The van der Waals surface area contributed by atoms with Gasteiger partial charge in [-0.1, -0.05) is 11.8 Å². The zero-order chi connectivity index (χ0) is 14.5. The predicted molar refractivity (Wildman–Crippen MR) is 80.5 cm³/mol. The molecule has 2 aromatic rings. The minimum Gasteiger partial charge on any atom is -0.481 e. The molecule has 0 atom stereocenters. The number of rotatable bonds is 7. The summed E-state index contributed by atoms with van der Waals surface area (Å²) in [5.41, 5.74) is 1.22. The number of thiophene rings is 1. The van der Waals surface area contributed by atoms with Gasteiger partial charge in [-0.25, -0.2) is 0 Å². The number of hydrogen-bond acceptors (Lipinski definition) is 6. The topological polar surface area (TPSA) is 71.2 Å². The molecular weight excluding hydrogens is 296 g/mol. The van der Waals surface area contributed by atoms with Crippen molar-refractivity contribution in [2.45, 2.75) is 25.2 Å². The molecule has 0 spiro atoms. The van der Waals surface area contributed by atoms with Gasteiger partial charge in [-0.15, -0.1) is 10.2 Å². The Morgan fingerprint density at radius 3 is 2.95 bits per heavy atom. The lowest BCUT2D eigenvalue weighted by atomic mass is 10.3. The van der Waals surface area contributed by atoms with E-state index in [0.717, 1.165) is 12.5 Å². The molecule has 2 rings (SSSR count). The van der Waals surface area contributed by atoms with E-state index in [9.17, 15) is 4.79 Å². The highest BCUT2D eigenvalue weighted by atomic mass is 32.2. The van der Waals surface area contributed by atoms with Crippen molar-refractivity contribution >= 4 is 35.0 Å². The number of carbonyl (C=O) groups is 1. The average molecular weight is 312 g/mol. The Morgan fingerprint density at radius 2 is 2.35 bits per heavy atom. The lowest BCUT2D eigenvalue weighted by molar-refractivity contribution is -0.133. The van der Waals surface area contributed by atoms with Crippen LogP contribution in [-0.4, -0.2) is 38.6 Å². The molecule has 2 aromatic heterocycles. The molecule has 0 aromatic carbocycles. The largest absolute Gasteiger partial charge is 0.481 e. The fourth-order valence-electron chi connectivity index (χ4n) is 1.80. The first-order valence-electron chi connectivity index (χ1n) is 6.11. The summed E-state index contributed by atoms with van der Waals surface area (Å²) in [7, 11) is 1.96. The van der Waals surface area contributed by atoms with Crippen molar-refractivity contribution in [3.63, 3.8) is 0 Å². The smallest absolute Gasteiger partial charge is 0.313 e. The zero-order valence-corrected chi connectivity index (χ0v) is 12.9. The Kier molecular flexibility index (Phi) is 5.02. The molecule has 0 fully saturated rings. The summed E-state index contributed by atoms with van der Waals surface area (Å²) >= 11 is 2.86. The third kappa shape index (κ3) is 3.51. The van der Waals surface area contributed by atoms with E-state index in [4.69, 9.17) is 5.11 Å². The Hall–Kier alpha value is -1.54. The molecule has 1 N–H and O–H groups in total. The van der Waals surface area contributed by atoms with E-state index in [1.54, 1.807) is 11.3 Å². The summed E-state index contributed by atoms with van der Waals surface area (Å²) in [6.45, 7) is 3.46. The minimum atomic E-state index is -0.853. The quantitative estimate of drug-likeness (QED) is 0.790. The lowest BCUT2D eigenvalue weighted by Crippen LogP contribution is -2.20. The van der Waals surface area contributed by atoms with Gasteiger partial charge in [0.05, 0.1) is 5.75 Å². The highest BCUT2D eigenvalue weighted by Gasteiger charge is 2.16. The molecule has 0 saturated heterocycles. The number of carboxylic acids is 1. The number of hydrogen-bond donors (Lipinski definition) is 1. The van der Waals surface area contributed by atoms with Crippen LogP contribution in [0.25, 0.3) is 0 Å². The van der Waals surface area contributed by atoms with Crippen LogP contribution in [0.3, 0.4) is 0 Å². The molecule has 0 bridgehead atoms. The van der Waals surface area contributed by atoms with Crippen LogP contribution in [0.15, 0.2) is 22.0 Å². The molecule has 6 nitrogen and oxygen atoms in total. The van der Waals surface area contributed by atoms with Gasteiger partial charge in [0.1, 0.15) is 0 Å². The maximum atomic E-state index is 10.6. The van der Waals surface area contributed by atoms with Crippen molar-refractivity contribution in [2.24, 2.45) is 0 Å². The van der Waals surface area contributed by atoms with Gasteiger partial charge in [0.15, 0.2) is 5.16 Å². The minimum absolute atomic E-state index is 0.00756. The van der Waals surface area contributed by atoms with Crippen molar-refractivity contribution in [2.75, 3.05) is 17.7 Å². The Bertz CT molecular complexity index is 568. The van der Waals surface area contributed by atoms with Crippen LogP contribution in [0.4, 0.5) is 5.95 Å². The van der Waals surface area contributed by atoms with E-state index < -0.39 is 5.97 Å². The van der Waals surface area contributed by atoms with Crippen LogP contribution < -0.4 is 4.90 Å². The molecular formula is C12H16N4O2S2. The second-order valence-electron chi connectivity index (χ2n) is 4.20. The summed E-state index contributed by atoms with van der Waals surface area (Å²) in [6.07, 6.45) is 0. The molecule has 0 radical (unpaired) electrons. The van der Waals surface area contributed by atoms with E-state index in [1.165, 1.54) is 17.3 Å². The Labute approximate surface area is 125 Å². The molecule has 0 amide bonds. The third-order valence-electron chi connectivity index (χ3n) is 2.68. The van der Waals surface area contributed by atoms with Crippen LogP contribution in [-0.2, 0) is 17.9 Å². The van der Waals surface area contributed by atoms with Gasteiger partial charge in [0, 0.05) is 20.1 Å². The fourth-order valence-corrected chi connectivity index (χ4v) is 3.18. The maximum Gasteiger partial charge on any atom is 0.313 e. The number of nitrogens with zero attached hydrogens (tertiary/aromatic N) is 4. The zero-order valence-electron chi connectivity index (χ0n) is 11.3. The molecule has 2 heterocycles. The van der Waals surface area contributed by atoms with E-state index in [2.05, 4.69) is 21.6 Å². The normalized spacial score (nSPS) is 10.7. The highest BCUT2D eigenvalue weighted by Crippen LogP contribution is 2.22. The molecule has 0 unspecified atom stereocenters. The first-order valence-corrected chi connectivity index (χ1v) is 8.04. The number of carboxylic acid groups (broad SMARTS) is 1. The Balaban J connectivity index is 2.12. The van der Waals surface area contributed by atoms with E-state index in [0.29, 0.717) is 11.7 Å². The van der Waals surface area contributed by atoms with Gasteiger partial charge >= 0.3 is 5.97 Å². The first kappa shape index (κ1) is 14.9. The SMILES string of the molecule is CCn1c(SCC(=O)O)nnc1N(C)Cc1ccsc1. The second-order valence-corrected chi connectivity index (χ2v) is 5.92. The summed E-state index contributed by atoms with van der Waals surface area (Å²) < 4.78 is 1.93. The third-order valence-corrected chi connectivity index (χ3v) is 4.36. The van der Waals surface area contributed by atoms with Gasteiger partial charge in [-0.05, 0) is 29.3 Å². The monoisotopic (exact) mass is 312 g/mol. The van der Waals surface area contributed by atoms with Crippen LogP contribution in [0.1, 0.15) is 12.5 Å². The van der Waals surface area contributed by atoms with Crippen LogP contribution in [0.5, 0.6) is 0 Å². The van der Waals surface area contributed by atoms with E-state index in [-0.39, 0.29) is 5.75 Å². The van der Waals surface area contributed by atoms with Crippen molar-refractivity contribution in [3.05, 3.63) is 22.4 Å². The van der Waals surface area contributed by atoms with Crippen molar-refractivity contribution in [1.29, 1.82) is 0 Å². The molecule has 0 aliphatic rings. The summed E-state index contributed by atoms with van der Waals surface area (Å²) in [6, 6.07) is 2.08. The summed E-state index contributed by atoms with van der Waals surface area (Å²) in [5, 5.41) is 21.8. The molecule has 8 heteroatoms. The lowest BCUT2D eigenvalue weighted by Gasteiger charge is -2.18. The molecule has 20 heavy (non-hydrogen) atoms. The van der Waals surface area contributed by atoms with E-state index >= 15 is 0 Å². The first-order chi connectivity index (χ1) is 9.61. The molecule has 108 valence electrons. The Morgan fingerprint density at radius 1 is 1.55 bits per heavy atom. The molecule has 0 aliphatic carbocycles.